The molecule has 0 saturated carbocycles. The third-order valence-corrected chi connectivity index (χ3v) is 3.03. The zero-order valence-corrected chi connectivity index (χ0v) is 10.1. The van der Waals surface area contributed by atoms with Crippen LogP contribution in [-0.2, 0) is 12.3 Å². The highest BCUT2D eigenvalue weighted by molar-refractivity contribution is 7.98. The van der Waals surface area contributed by atoms with Gasteiger partial charge >= 0.3 is 0 Å². The number of hydrogen-bond acceptors (Lipinski definition) is 8. The minimum Gasteiger partial charge on any atom is -0.502 e. The summed E-state index contributed by atoms with van der Waals surface area (Å²) in [5.74, 6) is 0.419. The predicted octanol–water partition coefficient (Wildman–Crippen LogP) is -0.417. The molecule has 9 heteroatoms. The van der Waals surface area contributed by atoms with Crippen LogP contribution in [0.25, 0.3) is 0 Å². The first kappa shape index (κ1) is 12.6. The molecule has 0 aromatic carbocycles. The first-order chi connectivity index (χ1) is 8.70. The summed E-state index contributed by atoms with van der Waals surface area (Å²) < 4.78 is 6.64. The topological polar surface area (TPSA) is 120 Å². The number of hydrogen-bond donors (Lipinski definition) is 2. The molecule has 0 bridgehead atoms. The summed E-state index contributed by atoms with van der Waals surface area (Å²) in [7, 11) is 0. The molecule has 0 aliphatic rings. The van der Waals surface area contributed by atoms with Crippen LogP contribution in [0.15, 0.2) is 26.7 Å². The lowest BCUT2D eigenvalue weighted by atomic mass is 10.4. The van der Waals surface area contributed by atoms with Crippen LogP contribution in [0.1, 0.15) is 5.76 Å². The molecule has 0 spiro atoms. The van der Waals surface area contributed by atoms with Crippen molar-refractivity contribution in [3.63, 3.8) is 0 Å². The van der Waals surface area contributed by atoms with Gasteiger partial charge in [-0.1, -0.05) is 11.8 Å². The normalized spacial score (nSPS) is 10.7. The summed E-state index contributed by atoms with van der Waals surface area (Å²) in [5, 5.41) is 20.8. The van der Waals surface area contributed by atoms with E-state index in [9.17, 15) is 4.79 Å². The molecule has 0 aliphatic carbocycles. The molecule has 0 atom stereocenters. The highest BCUT2D eigenvalue weighted by atomic mass is 32.2. The fourth-order valence-corrected chi connectivity index (χ4v) is 2.01. The van der Waals surface area contributed by atoms with Crippen molar-refractivity contribution in [1.29, 1.82) is 0 Å². The van der Waals surface area contributed by atoms with Crippen molar-refractivity contribution in [2.24, 2.45) is 5.73 Å². The van der Waals surface area contributed by atoms with Gasteiger partial charge in [0.25, 0.3) is 0 Å². The van der Waals surface area contributed by atoms with E-state index in [1.54, 1.807) is 4.68 Å². The Kier molecular flexibility index (Phi) is 3.95. The van der Waals surface area contributed by atoms with E-state index < -0.39 is 11.2 Å². The zero-order chi connectivity index (χ0) is 13.0. The smallest absolute Gasteiger partial charge is 0.226 e. The molecular weight excluding hydrogens is 258 g/mol. The van der Waals surface area contributed by atoms with Gasteiger partial charge in [-0.15, -0.1) is 5.10 Å². The molecule has 2 rings (SSSR count). The van der Waals surface area contributed by atoms with Crippen LogP contribution in [0.4, 0.5) is 0 Å². The van der Waals surface area contributed by atoms with Gasteiger partial charge in [0.1, 0.15) is 12.0 Å². The Balaban J connectivity index is 2.04. The second-order valence-electron chi connectivity index (χ2n) is 3.36. The maximum atomic E-state index is 11.2. The average molecular weight is 269 g/mol. The van der Waals surface area contributed by atoms with Gasteiger partial charge in [0.2, 0.25) is 10.6 Å². The van der Waals surface area contributed by atoms with Crippen molar-refractivity contribution in [3.05, 3.63) is 28.3 Å². The molecule has 0 saturated heterocycles. The van der Waals surface area contributed by atoms with E-state index in [1.165, 1.54) is 17.8 Å². The SMILES string of the molecule is NCCn1nnnc1SCc1cc(=O)c(O)co1. The van der Waals surface area contributed by atoms with Crippen LogP contribution in [0, 0.1) is 0 Å². The molecule has 18 heavy (non-hydrogen) atoms. The summed E-state index contributed by atoms with van der Waals surface area (Å²) in [6, 6.07) is 1.24. The van der Waals surface area contributed by atoms with Crippen LogP contribution in [0.3, 0.4) is 0 Å². The van der Waals surface area contributed by atoms with E-state index in [0.29, 0.717) is 29.8 Å². The summed E-state index contributed by atoms with van der Waals surface area (Å²) in [6.45, 7) is 0.960. The third kappa shape index (κ3) is 2.87. The minimum atomic E-state index is -0.474. The fourth-order valence-electron chi connectivity index (χ4n) is 1.22. The van der Waals surface area contributed by atoms with Crippen LogP contribution in [-0.4, -0.2) is 31.9 Å². The van der Waals surface area contributed by atoms with Gasteiger partial charge < -0.3 is 15.3 Å². The molecule has 0 unspecified atom stereocenters. The standard InChI is InChI=1S/C9H11N5O3S/c10-1-2-14-9(11-12-13-14)18-5-6-3-7(15)8(16)4-17-6/h3-4,16H,1-2,5,10H2. The van der Waals surface area contributed by atoms with E-state index in [-0.39, 0.29) is 0 Å². The number of rotatable bonds is 5. The van der Waals surface area contributed by atoms with Crippen molar-refractivity contribution in [3.8, 4) is 5.75 Å². The number of aromatic nitrogens is 4. The summed E-state index contributed by atoms with van der Waals surface area (Å²) in [5.41, 5.74) is 4.95. The van der Waals surface area contributed by atoms with Crippen molar-refractivity contribution in [2.75, 3.05) is 6.54 Å². The van der Waals surface area contributed by atoms with Crippen molar-refractivity contribution < 1.29 is 9.52 Å². The van der Waals surface area contributed by atoms with Crippen LogP contribution < -0.4 is 11.2 Å². The number of nitrogens with two attached hydrogens (primary N) is 1. The fraction of sp³-hybridized carbons (Fsp3) is 0.333. The van der Waals surface area contributed by atoms with Gasteiger partial charge in [0, 0.05) is 12.6 Å². The summed E-state index contributed by atoms with van der Waals surface area (Å²) in [4.78, 5) is 11.2. The first-order valence-electron chi connectivity index (χ1n) is 5.10. The quantitative estimate of drug-likeness (QED) is 0.702. The van der Waals surface area contributed by atoms with E-state index >= 15 is 0 Å². The molecular formula is C9H11N5O3S. The maximum Gasteiger partial charge on any atom is 0.226 e. The Hall–Kier alpha value is -1.87. The third-order valence-electron chi connectivity index (χ3n) is 2.05. The van der Waals surface area contributed by atoms with Crippen molar-refractivity contribution >= 4 is 11.8 Å². The van der Waals surface area contributed by atoms with Crippen LogP contribution in [0.2, 0.25) is 0 Å². The lowest BCUT2D eigenvalue weighted by Gasteiger charge is -2.02. The molecule has 2 heterocycles. The van der Waals surface area contributed by atoms with Crippen LogP contribution >= 0.6 is 11.8 Å². The van der Waals surface area contributed by atoms with Gasteiger partial charge in [0.05, 0.1) is 12.3 Å². The van der Waals surface area contributed by atoms with Crippen LogP contribution in [0.5, 0.6) is 5.75 Å². The highest BCUT2D eigenvalue weighted by Crippen LogP contribution is 2.19. The number of nitrogens with zero attached hydrogens (tertiary/aromatic N) is 4. The molecule has 0 fully saturated rings. The van der Waals surface area contributed by atoms with Crippen molar-refractivity contribution in [2.45, 2.75) is 17.5 Å². The second kappa shape index (κ2) is 5.65. The lowest BCUT2D eigenvalue weighted by molar-refractivity contribution is 0.419. The summed E-state index contributed by atoms with van der Waals surface area (Å²) in [6.07, 6.45) is 1.01. The molecule has 96 valence electrons. The van der Waals surface area contributed by atoms with Gasteiger partial charge in [-0.3, -0.25) is 4.79 Å². The maximum absolute atomic E-state index is 11.2. The molecule has 2 aromatic rings. The molecule has 0 amide bonds. The average Bonchev–Trinajstić information content (AvgIpc) is 2.79. The van der Waals surface area contributed by atoms with Gasteiger partial charge in [-0.25, -0.2) is 4.68 Å². The second-order valence-corrected chi connectivity index (χ2v) is 4.30. The Bertz CT molecular complexity index is 582. The van der Waals surface area contributed by atoms with Gasteiger partial charge in [-0.05, 0) is 10.4 Å². The van der Waals surface area contributed by atoms with E-state index in [4.69, 9.17) is 15.3 Å². The Morgan fingerprint density at radius 1 is 1.56 bits per heavy atom. The lowest BCUT2D eigenvalue weighted by Crippen LogP contribution is -2.12. The number of thioether (sulfide) groups is 1. The zero-order valence-electron chi connectivity index (χ0n) is 9.31. The Labute approximate surface area is 106 Å². The number of aromatic hydroxyl groups is 1. The molecule has 0 radical (unpaired) electrons. The van der Waals surface area contributed by atoms with E-state index in [0.717, 1.165) is 6.26 Å². The minimum absolute atomic E-state index is 0.389. The first-order valence-corrected chi connectivity index (χ1v) is 6.09. The molecule has 3 N–H and O–H groups in total. The molecule has 2 aromatic heterocycles. The van der Waals surface area contributed by atoms with Crippen molar-refractivity contribution in [1.82, 2.24) is 20.2 Å². The largest absolute Gasteiger partial charge is 0.502 e. The van der Waals surface area contributed by atoms with Gasteiger partial charge in [-0.2, -0.15) is 0 Å². The molecule has 0 aliphatic heterocycles. The Morgan fingerprint density at radius 2 is 2.39 bits per heavy atom. The highest BCUT2D eigenvalue weighted by Gasteiger charge is 2.08. The predicted molar refractivity (Wildman–Crippen MR) is 63.1 cm³/mol. The monoisotopic (exact) mass is 269 g/mol. The number of tetrazole rings is 1. The Morgan fingerprint density at radius 3 is 3.11 bits per heavy atom. The van der Waals surface area contributed by atoms with E-state index in [1.807, 2.05) is 0 Å². The van der Waals surface area contributed by atoms with E-state index in [2.05, 4.69) is 15.5 Å². The van der Waals surface area contributed by atoms with Gasteiger partial charge in [0.15, 0.2) is 5.75 Å². The summed E-state index contributed by atoms with van der Waals surface area (Å²) >= 11 is 1.32. The molecule has 8 nitrogen and oxygen atoms in total.